The lowest BCUT2D eigenvalue weighted by molar-refractivity contribution is -0.0979. The lowest BCUT2D eigenvalue weighted by atomic mass is 9.64. The second-order valence-electron chi connectivity index (χ2n) is 5.30. The minimum atomic E-state index is -0.843. The number of thiophene rings is 1. The highest BCUT2D eigenvalue weighted by Gasteiger charge is 2.48. The average Bonchev–Trinajstić information content (AvgIpc) is 2.76. The second-order valence-corrected chi connectivity index (χ2v) is 6.21. The first-order valence-electron chi connectivity index (χ1n) is 6.02. The second kappa shape index (κ2) is 4.99. The van der Waals surface area contributed by atoms with Gasteiger partial charge in [0.1, 0.15) is 4.88 Å². The summed E-state index contributed by atoms with van der Waals surface area (Å²) < 4.78 is 5.40. The van der Waals surface area contributed by atoms with Crippen LogP contribution >= 0.6 is 11.3 Å². The van der Waals surface area contributed by atoms with Crippen LogP contribution in [-0.4, -0.2) is 30.3 Å². The summed E-state index contributed by atoms with van der Waals surface area (Å²) >= 11 is 1.28. The van der Waals surface area contributed by atoms with E-state index in [1.54, 1.807) is 7.11 Å². The Morgan fingerprint density at radius 3 is 2.94 bits per heavy atom. The van der Waals surface area contributed by atoms with Crippen LogP contribution in [0, 0.1) is 5.41 Å². The normalized spacial score (nSPS) is 25.7. The monoisotopic (exact) mass is 269 g/mol. The van der Waals surface area contributed by atoms with Crippen molar-refractivity contribution in [3.05, 3.63) is 21.9 Å². The van der Waals surface area contributed by atoms with Crippen molar-refractivity contribution in [1.82, 2.24) is 5.32 Å². The van der Waals surface area contributed by atoms with E-state index in [0.29, 0.717) is 17.5 Å². The van der Waals surface area contributed by atoms with Crippen molar-refractivity contribution in [1.29, 1.82) is 0 Å². The predicted octanol–water partition coefficient (Wildman–Crippen LogP) is 2.35. The summed E-state index contributed by atoms with van der Waals surface area (Å²) in [5.41, 5.74) is 0.970. The Kier molecular flexibility index (Phi) is 3.75. The van der Waals surface area contributed by atoms with Gasteiger partial charge in [0.2, 0.25) is 0 Å². The first-order chi connectivity index (χ1) is 8.46. The van der Waals surface area contributed by atoms with Crippen molar-refractivity contribution in [3.63, 3.8) is 0 Å². The van der Waals surface area contributed by atoms with E-state index in [9.17, 15) is 4.79 Å². The molecule has 0 aliphatic heterocycles. The Balaban J connectivity index is 1.93. The molecule has 0 saturated heterocycles. The number of carbonyl (C=O) groups is 1. The van der Waals surface area contributed by atoms with E-state index in [2.05, 4.69) is 19.2 Å². The summed E-state index contributed by atoms with van der Waals surface area (Å²) in [5, 5.41) is 14.3. The molecule has 0 amide bonds. The highest BCUT2D eigenvalue weighted by Crippen LogP contribution is 2.42. The van der Waals surface area contributed by atoms with Crippen molar-refractivity contribution >= 4 is 17.3 Å². The predicted molar refractivity (Wildman–Crippen MR) is 71.1 cm³/mol. The molecule has 0 bridgehead atoms. The maximum absolute atomic E-state index is 11.0. The molecule has 1 aliphatic carbocycles. The van der Waals surface area contributed by atoms with Crippen LogP contribution in [0.2, 0.25) is 0 Å². The van der Waals surface area contributed by atoms with Gasteiger partial charge in [0.05, 0.1) is 6.10 Å². The van der Waals surface area contributed by atoms with Gasteiger partial charge < -0.3 is 15.2 Å². The molecule has 1 fully saturated rings. The molecule has 1 saturated carbocycles. The van der Waals surface area contributed by atoms with Gasteiger partial charge in [-0.2, -0.15) is 0 Å². The topological polar surface area (TPSA) is 58.6 Å². The summed E-state index contributed by atoms with van der Waals surface area (Å²) in [7, 11) is 1.74. The van der Waals surface area contributed by atoms with E-state index in [-0.39, 0.29) is 11.5 Å². The van der Waals surface area contributed by atoms with E-state index < -0.39 is 5.97 Å². The molecule has 4 nitrogen and oxygen atoms in total. The van der Waals surface area contributed by atoms with Gasteiger partial charge in [-0.3, -0.25) is 0 Å². The fourth-order valence-electron chi connectivity index (χ4n) is 2.53. The molecule has 18 heavy (non-hydrogen) atoms. The molecule has 1 aliphatic rings. The van der Waals surface area contributed by atoms with Gasteiger partial charge in [-0.05, 0) is 23.4 Å². The molecule has 2 atom stereocenters. The Morgan fingerprint density at radius 1 is 1.67 bits per heavy atom. The summed E-state index contributed by atoms with van der Waals surface area (Å²) in [5.74, 6) is -0.843. The van der Waals surface area contributed by atoms with Crippen LogP contribution in [0.25, 0.3) is 0 Å². The van der Waals surface area contributed by atoms with Crippen LogP contribution in [0.5, 0.6) is 0 Å². The smallest absolute Gasteiger partial charge is 0.346 e. The summed E-state index contributed by atoms with van der Waals surface area (Å²) in [6, 6.07) is 2.25. The summed E-state index contributed by atoms with van der Waals surface area (Å²) in [4.78, 5) is 11.4. The van der Waals surface area contributed by atoms with Crippen molar-refractivity contribution in [2.24, 2.45) is 5.41 Å². The number of aromatic carboxylic acids is 1. The van der Waals surface area contributed by atoms with Crippen molar-refractivity contribution < 1.29 is 14.6 Å². The summed E-state index contributed by atoms with van der Waals surface area (Å²) in [6.07, 6.45) is 1.27. The largest absolute Gasteiger partial charge is 0.477 e. The van der Waals surface area contributed by atoms with E-state index in [1.165, 1.54) is 11.3 Å². The Bertz CT molecular complexity index is 441. The maximum atomic E-state index is 11.0. The molecular weight excluding hydrogens is 250 g/mol. The zero-order chi connectivity index (χ0) is 13.3. The van der Waals surface area contributed by atoms with E-state index in [0.717, 1.165) is 12.0 Å². The van der Waals surface area contributed by atoms with Gasteiger partial charge >= 0.3 is 5.97 Å². The lowest BCUT2D eigenvalue weighted by Gasteiger charge is -2.51. The van der Waals surface area contributed by atoms with Gasteiger partial charge in [-0.1, -0.05) is 13.8 Å². The quantitative estimate of drug-likeness (QED) is 0.861. The molecule has 2 N–H and O–H groups in total. The van der Waals surface area contributed by atoms with Crippen molar-refractivity contribution in [2.75, 3.05) is 7.11 Å². The zero-order valence-electron chi connectivity index (χ0n) is 10.9. The minimum Gasteiger partial charge on any atom is -0.477 e. The molecule has 0 radical (unpaired) electrons. The molecule has 2 rings (SSSR count). The molecule has 0 spiro atoms. The number of ether oxygens (including phenoxy) is 1. The molecular formula is C13H19NO3S. The highest BCUT2D eigenvalue weighted by molar-refractivity contribution is 7.12. The highest BCUT2D eigenvalue weighted by atomic mass is 32.1. The van der Waals surface area contributed by atoms with Crippen LogP contribution < -0.4 is 5.32 Å². The van der Waals surface area contributed by atoms with E-state index in [1.807, 2.05) is 11.4 Å². The van der Waals surface area contributed by atoms with Crippen LogP contribution in [0.3, 0.4) is 0 Å². The summed E-state index contributed by atoms with van der Waals surface area (Å²) in [6.45, 7) is 4.96. The lowest BCUT2D eigenvalue weighted by Crippen LogP contribution is -2.60. The van der Waals surface area contributed by atoms with Crippen LogP contribution in [0.4, 0.5) is 0 Å². The Labute approximate surface area is 111 Å². The van der Waals surface area contributed by atoms with Crippen LogP contribution in [-0.2, 0) is 11.3 Å². The van der Waals surface area contributed by atoms with Crippen molar-refractivity contribution in [2.45, 2.75) is 39.0 Å². The third-order valence-corrected chi connectivity index (χ3v) is 4.89. The number of hydrogen-bond donors (Lipinski definition) is 2. The van der Waals surface area contributed by atoms with Gasteiger partial charge in [0.15, 0.2) is 0 Å². The third-order valence-electron chi connectivity index (χ3n) is 3.94. The van der Waals surface area contributed by atoms with E-state index in [4.69, 9.17) is 9.84 Å². The van der Waals surface area contributed by atoms with E-state index >= 15 is 0 Å². The maximum Gasteiger partial charge on any atom is 0.346 e. The minimum absolute atomic E-state index is 0.105. The zero-order valence-corrected chi connectivity index (χ0v) is 11.7. The Morgan fingerprint density at radius 2 is 2.39 bits per heavy atom. The SMILES string of the molecule is COC1CC(NCc2ccsc2C(=O)O)C1(C)C. The number of hydrogen-bond acceptors (Lipinski definition) is 4. The molecule has 1 heterocycles. The first-order valence-corrected chi connectivity index (χ1v) is 6.90. The Hall–Kier alpha value is -0.910. The molecule has 5 heteroatoms. The van der Waals surface area contributed by atoms with Crippen molar-refractivity contribution in [3.8, 4) is 0 Å². The first kappa shape index (κ1) is 13.5. The molecule has 1 aromatic heterocycles. The molecule has 0 aromatic carbocycles. The number of carboxylic acids is 1. The van der Waals surface area contributed by atoms with Crippen LogP contribution in [0.15, 0.2) is 11.4 Å². The number of nitrogens with one attached hydrogen (secondary N) is 1. The van der Waals surface area contributed by atoms with Gasteiger partial charge in [-0.15, -0.1) is 11.3 Å². The fraction of sp³-hybridized carbons (Fsp3) is 0.615. The molecule has 1 aromatic rings. The van der Waals surface area contributed by atoms with Gasteiger partial charge in [0, 0.05) is 25.1 Å². The van der Waals surface area contributed by atoms with Gasteiger partial charge in [-0.25, -0.2) is 4.79 Å². The standard InChI is InChI=1S/C13H19NO3S/c1-13(2)9(6-10(13)17-3)14-7-8-4-5-18-11(8)12(15)16/h4-5,9-10,14H,6-7H2,1-3H3,(H,15,16). The molecule has 2 unspecified atom stereocenters. The van der Waals surface area contributed by atoms with Gasteiger partial charge in [0.25, 0.3) is 0 Å². The third kappa shape index (κ3) is 2.30. The fourth-order valence-corrected chi connectivity index (χ4v) is 3.29. The number of rotatable bonds is 5. The number of carboxylic acid groups (broad SMARTS) is 1. The molecule has 100 valence electrons. The number of methoxy groups -OCH3 is 1. The average molecular weight is 269 g/mol. The van der Waals surface area contributed by atoms with Crippen LogP contribution in [0.1, 0.15) is 35.5 Å².